The van der Waals surface area contributed by atoms with Crippen LogP contribution in [0.25, 0.3) is 20.2 Å². The number of benzene rings is 2. The minimum atomic E-state index is -0.570. The molecular weight excluding hydrogens is 276 g/mol. The second kappa shape index (κ2) is 4.94. The van der Waals surface area contributed by atoms with E-state index < -0.39 is 5.97 Å². The van der Waals surface area contributed by atoms with Crippen molar-refractivity contribution in [2.24, 2.45) is 0 Å². The first kappa shape index (κ1) is 12.6. The maximum atomic E-state index is 12.5. The molecule has 0 aliphatic heterocycles. The van der Waals surface area contributed by atoms with Gasteiger partial charge in [-0.15, -0.1) is 11.3 Å². The van der Waals surface area contributed by atoms with Crippen molar-refractivity contribution in [3.63, 3.8) is 0 Å². The lowest BCUT2D eigenvalue weighted by Gasteiger charge is -2.06. The highest BCUT2D eigenvalue weighted by molar-refractivity contribution is 7.24. The van der Waals surface area contributed by atoms with E-state index in [1.54, 1.807) is 18.2 Å². The second-order valence-corrected chi connectivity index (χ2v) is 5.30. The summed E-state index contributed by atoms with van der Waals surface area (Å²) in [4.78, 5) is 32.9. The van der Waals surface area contributed by atoms with E-state index in [4.69, 9.17) is 4.89 Å². The topological polar surface area (TPSA) is 52.6 Å². The summed E-state index contributed by atoms with van der Waals surface area (Å²) in [6.45, 7) is 1.24. The monoisotopic (exact) mass is 286 g/mol. The summed E-state index contributed by atoms with van der Waals surface area (Å²) in [5.41, 5.74) is -0.128. The molecule has 0 spiro atoms. The van der Waals surface area contributed by atoms with E-state index in [1.807, 2.05) is 24.3 Å². The van der Waals surface area contributed by atoms with Gasteiger partial charge in [0.05, 0.1) is 5.39 Å². The van der Waals surface area contributed by atoms with Crippen LogP contribution in [0.4, 0.5) is 0 Å². The molecule has 1 heterocycles. The highest BCUT2D eigenvalue weighted by Crippen LogP contribution is 2.30. The van der Waals surface area contributed by atoms with Crippen molar-refractivity contribution in [3.8, 4) is 5.75 Å². The minimum Gasteiger partial charge on any atom is -0.288 e. The lowest BCUT2D eigenvalue weighted by molar-refractivity contribution is -0.210. The molecule has 0 unspecified atom stereocenters. The summed E-state index contributed by atoms with van der Waals surface area (Å²) in [7, 11) is 0. The van der Waals surface area contributed by atoms with Crippen LogP contribution in [-0.2, 0) is 9.68 Å². The van der Waals surface area contributed by atoms with Crippen LogP contribution >= 0.6 is 11.3 Å². The number of hydrogen-bond donors (Lipinski definition) is 0. The van der Waals surface area contributed by atoms with Gasteiger partial charge in [-0.05, 0) is 24.3 Å². The highest BCUT2D eigenvalue weighted by atomic mass is 32.1. The molecule has 0 saturated heterocycles. The molecule has 2 aromatic carbocycles. The molecule has 4 nitrogen and oxygen atoms in total. The summed E-state index contributed by atoms with van der Waals surface area (Å²) >= 11 is 1.49. The molecule has 5 heteroatoms. The maximum absolute atomic E-state index is 12.5. The maximum Gasteiger partial charge on any atom is 0.352 e. The van der Waals surface area contributed by atoms with Gasteiger partial charge >= 0.3 is 5.97 Å². The van der Waals surface area contributed by atoms with Gasteiger partial charge in [-0.3, -0.25) is 14.6 Å². The van der Waals surface area contributed by atoms with E-state index in [-0.39, 0.29) is 11.2 Å². The Morgan fingerprint density at radius 2 is 1.80 bits per heavy atom. The Hall–Kier alpha value is -2.40. The standard InChI is InChI=1S/C15H10O4S/c1-9(16)18-19-11-6-4-8-13-14(11)15(17)10-5-2-3-7-12(10)20-13/h2-8H,1H3. The molecule has 0 radical (unpaired) electrons. The van der Waals surface area contributed by atoms with Gasteiger partial charge in [-0.1, -0.05) is 18.2 Å². The van der Waals surface area contributed by atoms with E-state index in [2.05, 4.69) is 4.89 Å². The van der Waals surface area contributed by atoms with Crippen LogP contribution in [0.1, 0.15) is 6.92 Å². The van der Waals surface area contributed by atoms with Gasteiger partial charge in [-0.25, -0.2) is 4.79 Å². The van der Waals surface area contributed by atoms with Crippen molar-refractivity contribution in [1.82, 2.24) is 0 Å². The van der Waals surface area contributed by atoms with Gasteiger partial charge in [0, 0.05) is 21.7 Å². The SMILES string of the molecule is CC(=O)OOc1cccc2sc3ccccc3c(=O)c12. The van der Waals surface area contributed by atoms with Gasteiger partial charge in [0.1, 0.15) is 0 Å². The first-order valence-corrected chi connectivity index (χ1v) is 6.78. The lowest BCUT2D eigenvalue weighted by Crippen LogP contribution is -2.07. The average molecular weight is 286 g/mol. The van der Waals surface area contributed by atoms with Gasteiger partial charge < -0.3 is 0 Å². The third-order valence-electron chi connectivity index (χ3n) is 2.82. The van der Waals surface area contributed by atoms with Crippen LogP contribution in [0.5, 0.6) is 5.75 Å². The predicted molar refractivity (Wildman–Crippen MR) is 78.0 cm³/mol. The molecule has 100 valence electrons. The molecule has 3 rings (SSSR count). The van der Waals surface area contributed by atoms with Gasteiger partial charge in [0.2, 0.25) is 0 Å². The van der Waals surface area contributed by atoms with Crippen molar-refractivity contribution in [2.75, 3.05) is 0 Å². The predicted octanol–water partition coefficient (Wildman–Crippen LogP) is 3.27. The van der Waals surface area contributed by atoms with Crippen LogP contribution in [0, 0.1) is 0 Å². The Labute approximate surface area is 118 Å². The van der Waals surface area contributed by atoms with Crippen LogP contribution in [0.15, 0.2) is 47.3 Å². The van der Waals surface area contributed by atoms with Crippen molar-refractivity contribution >= 4 is 37.5 Å². The number of fused-ring (bicyclic) bond motifs is 2. The summed E-state index contributed by atoms with van der Waals surface area (Å²) in [6.07, 6.45) is 0. The number of carbonyl (C=O) groups excluding carboxylic acids is 1. The normalized spacial score (nSPS) is 10.7. The second-order valence-electron chi connectivity index (χ2n) is 4.21. The first-order valence-electron chi connectivity index (χ1n) is 5.96. The van der Waals surface area contributed by atoms with Crippen molar-refractivity contribution < 1.29 is 14.6 Å². The lowest BCUT2D eigenvalue weighted by atomic mass is 10.2. The highest BCUT2D eigenvalue weighted by Gasteiger charge is 2.12. The van der Waals surface area contributed by atoms with Crippen LogP contribution in [0.2, 0.25) is 0 Å². The van der Waals surface area contributed by atoms with E-state index in [0.717, 1.165) is 9.40 Å². The Balaban J connectivity index is 2.30. The molecular formula is C15H10O4S. The number of hydrogen-bond acceptors (Lipinski definition) is 5. The van der Waals surface area contributed by atoms with Gasteiger partial charge in [0.15, 0.2) is 11.2 Å². The summed E-state index contributed by atoms with van der Waals surface area (Å²) < 4.78 is 1.70. The van der Waals surface area contributed by atoms with Crippen LogP contribution in [0.3, 0.4) is 0 Å². The van der Waals surface area contributed by atoms with E-state index in [1.165, 1.54) is 18.3 Å². The summed E-state index contributed by atoms with van der Waals surface area (Å²) in [5.74, 6) is -0.316. The molecule has 0 bridgehead atoms. The fraction of sp³-hybridized carbons (Fsp3) is 0.0667. The smallest absolute Gasteiger partial charge is 0.288 e. The zero-order chi connectivity index (χ0) is 14.1. The Bertz CT molecular complexity index is 867. The average Bonchev–Trinajstić information content (AvgIpc) is 2.45. The molecule has 0 N–H and O–H groups in total. The van der Waals surface area contributed by atoms with Gasteiger partial charge in [-0.2, -0.15) is 0 Å². The third-order valence-corrected chi connectivity index (χ3v) is 3.95. The fourth-order valence-electron chi connectivity index (χ4n) is 1.99. The molecule has 0 fully saturated rings. The molecule has 0 amide bonds. The van der Waals surface area contributed by atoms with Gasteiger partial charge in [0.25, 0.3) is 0 Å². The molecule has 0 atom stereocenters. The summed E-state index contributed by atoms with van der Waals surface area (Å²) in [6, 6.07) is 12.6. The van der Waals surface area contributed by atoms with Crippen LogP contribution in [-0.4, -0.2) is 5.97 Å². The molecule has 3 aromatic rings. The first-order chi connectivity index (χ1) is 9.66. The number of carbonyl (C=O) groups is 1. The van der Waals surface area contributed by atoms with Crippen molar-refractivity contribution in [3.05, 3.63) is 52.7 Å². The molecule has 0 aliphatic rings. The van der Waals surface area contributed by atoms with E-state index in [9.17, 15) is 9.59 Å². The molecule has 1 aromatic heterocycles. The zero-order valence-corrected chi connectivity index (χ0v) is 11.4. The zero-order valence-electron chi connectivity index (χ0n) is 10.6. The van der Waals surface area contributed by atoms with E-state index >= 15 is 0 Å². The van der Waals surface area contributed by atoms with E-state index in [0.29, 0.717) is 10.8 Å². The molecule has 0 saturated carbocycles. The molecule has 0 aliphatic carbocycles. The largest absolute Gasteiger partial charge is 0.352 e. The Morgan fingerprint density at radius 3 is 2.60 bits per heavy atom. The van der Waals surface area contributed by atoms with Crippen molar-refractivity contribution in [1.29, 1.82) is 0 Å². The van der Waals surface area contributed by atoms with Crippen molar-refractivity contribution in [2.45, 2.75) is 6.92 Å². The quantitative estimate of drug-likeness (QED) is 0.412. The third kappa shape index (κ3) is 2.12. The fourth-order valence-corrected chi connectivity index (χ4v) is 3.09. The minimum absolute atomic E-state index is 0.128. The Kier molecular flexibility index (Phi) is 3.12. The summed E-state index contributed by atoms with van der Waals surface area (Å²) in [5, 5.41) is 1.06. The number of rotatable bonds is 2. The van der Waals surface area contributed by atoms with Crippen LogP contribution < -0.4 is 10.3 Å². The Morgan fingerprint density at radius 1 is 1.05 bits per heavy atom. The molecule has 20 heavy (non-hydrogen) atoms.